The molecule has 0 saturated carbocycles. The first-order valence-corrected chi connectivity index (χ1v) is 18.0. The van der Waals surface area contributed by atoms with Gasteiger partial charge in [-0.15, -0.1) is 0 Å². The lowest BCUT2D eigenvalue weighted by Gasteiger charge is -2.35. The van der Waals surface area contributed by atoms with Gasteiger partial charge in [0.05, 0.1) is 21.4 Å². The third-order valence-electron chi connectivity index (χ3n) is 8.78. The molecular weight excluding hydrogens is 664 g/mol. The van der Waals surface area contributed by atoms with Crippen LogP contribution in [0, 0.1) is 24.5 Å². The van der Waals surface area contributed by atoms with Crippen LogP contribution in [0.15, 0.2) is 94.6 Å². The number of aryl methyl sites for hydroxylation is 1. The predicted molar refractivity (Wildman–Crippen MR) is 187 cm³/mol. The molecule has 1 aliphatic rings. The SMILES string of the molecule is Cc1ccc(S(=O)(=O)OCCOc2ccc(-c3nc4ccc(Oc5ccc(F)cc5)cc4c(=O)n3C[C@H]3CCCN(C(C)C)C3)c(F)c2)cc1. The fraction of sp³-hybridized carbons (Fsp3) is 0.316. The lowest BCUT2D eigenvalue weighted by Crippen LogP contribution is -2.42. The van der Waals surface area contributed by atoms with Crippen LogP contribution < -0.4 is 15.0 Å². The highest BCUT2D eigenvalue weighted by Crippen LogP contribution is 2.30. The van der Waals surface area contributed by atoms with Gasteiger partial charge in [0.1, 0.15) is 47.9 Å². The first kappa shape index (κ1) is 35.2. The zero-order valence-corrected chi connectivity index (χ0v) is 29.0. The Kier molecular flexibility index (Phi) is 10.6. The van der Waals surface area contributed by atoms with Crippen LogP contribution >= 0.6 is 0 Å². The Morgan fingerprint density at radius 1 is 0.900 bits per heavy atom. The highest BCUT2D eigenvalue weighted by molar-refractivity contribution is 7.86. The van der Waals surface area contributed by atoms with E-state index in [1.807, 2.05) is 6.92 Å². The Bertz CT molecular complexity index is 2140. The number of ether oxygens (including phenoxy) is 2. The molecule has 50 heavy (non-hydrogen) atoms. The quantitative estimate of drug-likeness (QED) is 0.0983. The fourth-order valence-corrected chi connectivity index (χ4v) is 6.99. The van der Waals surface area contributed by atoms with Gasteiger partial charge in [0.2, 0.25) is 0 Å². The first-order chi connectivity index (χ1) is 24.0. The molecule has 1 atom stereocenters. The molecule has 1 aliphatic heterocycles. The fourth-order valence-electron chi connectivity index (χ4n) is 6.09. The van der Waals surface area contributed by atoms with Crippen LogP contribution in [0.1, 0.15) is 32.3 Å². The van der Waals surface area contributed by atoms with Gasteiger partial charge in [-0.2, -0.15) is 8.42 Å². The summed E-state index contributed by atoms with van der Waals surface area (Å²) in [6, 6.07) is 21.4. The monoisotopic (exact) mass is 703 g/mol. The minimum absolute atomic E-state index is 0.0363. The molecule has 262 valence electrons. The van der Waals surface area contributed by atoms with Gasteiger partial charge in [-0.25, -0.2) is 13.8 Å². The molecule has 6 rings (SSSR count). The lowest BCUT2D eigenvalue weighted by molar-refractivity contribution is 0.130. The van der Waals surface area contributed by atoms with Crippen molar-refractivity contribution in [3.63, 3.8) is 0 Å². The van der Waals surface area contributed by atoms with Crippen LogP contribution in [-0.4, -0.2) is 55.2 Å². The molecule has 9 nitrogen and oxygen atoms in total. The zero-order valence-electron chi connectivity index (χ0n) is 28.1. The van der Waals surface area contributed by atoms with E-state index < -0.39 is 15.9 Å². The highest BCUT2D eigenvalue weighted by atomic mass is 32.2. The van der Waals surface area contributed by atoms with Crippen LogP contribution in [0.5, 0.6) is 17.2 Å². The van der Waals surface area contributed by atoms with Crippen molar-refractivity contribution < 1.29 is 30.9 Å². The standard InChI is InChI=1S/C38H39F2N3O6S/c1-25(2)42-18-4-5-27(23-42)24-43-37(41-36-17-13-31(21-34(36)38(43)44)49-29-10-8-28(39)9-11-29)33-16-12-30(22-35(33)40)47-19-20-48-50(45,46)32-14-6-26(3)7-15-32/h6-17,21-22,25,27H,4-5,18-20,23-24H2,1-3H3/t27-/m0/s1. The molecule has 0 radical (unpaired) electrons. The van der Waals surface area contributed by atoms with Gasteiger partial charge in [0.15, 0.2) is 0 Å². The van der Waals surface area contributed by atoms with Crippen LogP contribution in [-0.2, 0) is 20.8 Å². The molecule has 1 saturated heterocycles. The van der Waals surface area contributed by atoms with Crippen molar-refractivity contribution in [2.45, 2.75) is 51.1 Å². The van der Waals surface area contributed by atoms with E-state index in [-0.39, 0.29) is 52.5 Å². The number of piperidine rings is 1. The zero-order chi connectivity index (χ0) is 35.4. The van der Waals surface area contributed by atoms with E-state index in [2.05, 4.69) is 18.7 Å². The molecule has 0 unspecified atom stereocenters. The number of benzene rings is 4. The van der Waals surface area contributed by atoms with E-state index in [0.29, 0.717) is 35.0 Å². The molecule has 0 aliphatic carbocycles. The maximum absolute atomic E-state index is 15.9. The summed E-state index contributed by atoms with van der Waals surface area (Å²) in [7, 11) is -3.97. The van der Waals surface area contributed by atoms with Gasteiger partial charge < -0.3 is 14.4 Å². The van der Waals surface area contributed by atoms with Crippen molar-refractivity contribution in [3.8, 4) is 28.6 Å². The number of halogens is 2. The largest absolute Gasteiger partial charge is 0.491 e. The van der Waals surface area contributed by atoms with E-state index in [1.54, 1.807) is 41.0 Å². The molecule has 0 spiro atoms. The van der Waals surface area contributed by atoms with E-state index in [1.165, 1.54) is 48.5 Å². The number of hydrogen-bond donors (Lipinski definition) is 0. The predicted octanol–water partition coefficient (Wildman–Crippen LogP) is 7.35. The van der Waals surface area contributed by atoms with Crippen LogP contribution in [0.4, 0.5) is 8.78 Å². The number of nitrogens with zero attached hydrogens (tertiary/aromatic N) is 3. The van der Waals surface area contributed by atoms with Gasteiger partial charge >= 0.3 is 0 Å². The summed E-state index contributed by atoms with van der Waals surface area (Å²) in [4.78, 5) is 21.4. The summed E-state index contributed by atoms with van der Waals surface area (Å²) < 4.78 is 72.4. The molecule has 1 fully saturated rings. The number of aromatic nitrogens is 2. The summed E-state index contributed by atoms with van der Waals surface area (Å²) in [5.41, 5.74) is 1.08. The normalized spacial score (nSPS) is 15.4. The Balaban J connectivity index is 1.26. The number of rotatable bonds is 12. The van der Waals surface area contributed by atoms with Crippen molar-refractivity contribution >= 4 is 21.0 Å². The molecule has 0 bridgehead atoms. The smallest absolute Gasteiger partial charge is 0.297 e. The third kappa shape index (κ3) is 8.20. The number of likely N-dealkylation sites (tertiary alicyclic amines) is 1. The molecule has 1 aromatic heterocycles. The lowest BCUT2D eigenvalue weighted by atomic mass is 9.96. The average molecular weight is 704 g/mol. The summed E-state index contributed by atoms with van der Waals surface area (Å²) in [6.45, 7) is 7.86. The van der Waals surface area contributed by atoms with Crippen molar-refractivity contribution in [1.82, 2.24) is 14.5 Å². The van der Waals surface area contributed by atoms with Crippen LogP contribution in [0.25, 0.3) is 22.3 Å². The average Bonchev–Trinajstić information content (AvgIpc) is 3.09. The van der Waals surface area contributed by atoms with Gasteiger partial charge in [0, 0.05) is 25.2 Å². The summed E-state index contributed by atoms with van der Waals surface area (Å²) >= 11 is 0. The van der Waals surface area contributed by atoms with E-state index in [4.69, 9.17) is 18.6 Å². The topological polar surface area (TPSA) is 100.0 Å². The van der Waals surface area contributed by atoms with Gasteiger partial charge in [-0.05, 0) is 113 Å². The van der Waals surface area contributed by atoms with Crippen molar-refractivity contribution in [3.05, 3.63) is 112 Å². The third-order valence-corrected chi connectivity index (χ3v) is 10.1. The van der Waals surface area contributed by atoms with E-state index in [9.17, 15) is 17.6 Å². The van der Waals surface area contributed by atoms with Crippen molar-refractivity contribution in [2.75, 3.05) is 26.3 Å². The second-order valence-electron chi connectivity index (χ2n) is 12.8. The maximum Gasteiger partial charge on any atom is 0.297 e. The Labute approximate surface area is 290 Å². The van der Waals surface area contributed by atoms with Crippen molar-refractivity contribution in [1.29, 1.82) is 0 Å². The molecule has 0 N–H and O–H groups in total. The maximum atomic E-state index is 15.9. The van der Waals surface area contributed by atoms with Crippen LogP contribution in [0.2, 0.25) is 0 Å². The molecular formula is C38H39F2N3O6S. The molecule has 0 amide bonds. The highest BCUT2D eigenvalue weighted by Gasteiger charge is 2.25. The molecule has 12 heteroatoms. The minimum Gasteiger partial charge on any atom is -0.491 e. The van der Waals surface area contributed by atoms with Gasteiger partial charge in [-0.3, -0.25) is 13.5 Å². The Hall–Kier alpha value is -4.65. The van der Waals surface area contributed by atoms with Crippen molar-refractivity contribution in [2.24, 2.45) is 5.92 Å². The second kappa shape index (κ2) is 15.1. The Morgan fingerprint density at radius 2 is 1.62 bits per heavy atom. The van der Waals surface area contributed by atoms with E-state index in [0.717, 1.165) is 31.5 Å². The van der Waals surface area contributed by atoms with Gasteiger partial charge in [0.25, 0.3) is 15.7 Å². The van der Waals surface area contributed by atoms with Gasteiger partial charge in [-0.1, -0.05) is 17.7 Å². The van der Waals surface area contributed by atoms with E-state index >= 15 is 4.39 Å². The summed E-state index contributed by atoms with van der Waals surface area (Å²) in [5, 5.41) is 0.311. The molecule has 4 aromatic carbocycles. The summed E-state index contributed by atoms with van der Waals surface area (Å²) in [6.07, 6.45) is 1.90. The second-order valence-corrected chi connectivity index (χ2v) is 14.4. The molecule has 5 aromatic rings. The Morgan fingerprint density at radius 3 is 2.34 bits per heavy atom. The minimum atomic E-state index is -3.97. The first-order valence-electron chi connectivity index (χ1n) is 16.6. The summed E-state index contributed by atoms with van der Waals surface area (Å²) in [5.74, 6) is 0.249. The van der Waals surface area contributed by atoms with Crippen LogP contribution in [0.3, 0.4) is 0 Å². The molecule has 2 heterocycles. The number of hydrogen-bond acceptors (Lipinski definition) is 8. The number of fused-ring (bicyclic) bond motifs is 1.